The van der Waals surface area contributed by atoms with Crippen LogP contribution in [0, 0.1) is 0 Å². The van der Waals surface area contributed by atoms with Gasteiger partial charge in [-0.2, -0.15) is 0 Å². The number of carbonyl (C=O) groups is 1. The first-order valence-electron chi connectivity index (χ1n) is 9.70. The van der Waals surface area contributed by atoms with Crippen molar-refractivity contribution in [2.75, 3.05) is 32.7 Å². The van der Waals surface area contributed by atoms with E-state index >= 15 is 0 Å². The van der Waals surface area contributed by atoms with Gasteiger partial charge in [0.25, 0.3) is 0 Å². The number of nitrogens with zero attached hydrogens (tertiary/aromatic N) is 4. The van der Waals surface area contributed by atoms with Gasteiger partial charge in [0.1, 0.15) is 5.15 Å². The zero-order valence-corrected chi connectivity index (χ0v) is 16.6. The Bertz CT molecular complexity index is 829. The molecule has 7 heteroatoms. The molecule has 148 valence electrons. The Morgan fingerprint density at radius 1 is 1.04 bits per heavy atom. The first-order valence-corrected chi connectivity index (χ1v) is 10.1. The number of rotatable bonds is 6. The zero-order valence-electron chi connectivity index (χ0n) is 15.8. The number of β-amino-alcohol motifs (C(OH)–C–C–N with tert-alkyl or cyclic N) is 1. The van der Waals surface area contributed by atoms with Gasteiger partial charge >= 0.3 is 6.03 Å². The molecular formula is C21H25ClN4O2. The molecule has 2 aliphatic heterocycles. The maximum absolute atomic E-state index is 12.6. The van der Waals surface area contributed by atoms with E-state index in [9.17, 15) is 9.90 Å². The molecule has 1 aromatic carbocycles. The summed E-state index contributed by atoms with van der Waals surface area (Å²) in [5.41, 5.74) is 3.68. The Morgan fingerprint density at radius 2 is 1.82 bits per heavy atom. The van der Waals surface area contributed by atoms with Crippen LogP contribution in [0.4, 0.5) is 4.79 Å². The minimum absolute atomic E-state index is 0.0296. The number of amides is 2. The third-order valence-electron chi connectivity index (χ3n) is 5.45. The summed E-state index contributed by atoms with van der Waals surface area (Å²) < 4.78 is 0. The van der Waals surface area contributed by atoms with Crippen molar-refractivity contribution >= 4 is 17.6 Å². The number of benzene rings is 1. The molecule has 1 aromatic heterocycles. The Labute approximate surface area is 170 Å². The molecule has 1 atom stereocenters. The van der Waals surface area contributed by atoms with E-state index in [0.717, 1.165) is 25.1 Å². The molecule has 6 nitrogen and oxygen atoms in total. The number of fused-ring (bicyclic) bond motifs is 1. The Balaban J connectivity index is 1.27. The second-order valence-corrected chi connectivity index (χ2v) is 7.93. The molecule has 2 amide bonds. The molecule has 0 radical (unpaired) electrons. The van der Waals surface area contributed by atoms with Crippen LogP contribution in [0.2, 0.25) is 5.15 Å². The lowest BCUT2D eigenvalue weighted by Gasteiger charge is -2.31. The van der Waals surface area contributed by atoms with Gasteiger partial charge in [-0.05, 0) is 29.2 Å². The summed E-state index contributed by atoms with van der Waals surface area (Å²) in [4.78, 5) is 22.5. The van der Waals surface area contributed by atoms with E-state index in [0.29, 0.717) is 37.9 Å². The van der Waals surface area contributed by atoms with Gasteiger partial charge in [-0.1, -0.05) is 41.9 Å². The Morgan fingerprint density at radius 3 is 2.61 bits per heavy atom. The normalized spacial score (nSPS) is 18.4. The van der Waals surface area contributed by atoms with Crippen molar-refractivity contribution in [2.24, 2.45) is 0 Å². The molecule has 2 aromatic rings. The van der Waals surface area contributed by atoms with Crippen LogP contribution in [0.25, 0.3) is 0 Å². The van der Waals surface area contributed by atoms with Crippen LogP contribution < -0.4 is 0 Å². The number of hydrogen-bond acceptors (Lipinski definition) is 4. The Hall–Kier alpha value is -2.15. The third kappa shape index (κ3) is 4.46. The van der Waals surface area contributed by atoms with Gasteiger partial charge in [0.05, 0.1) is 6.10 Å². The smallest absolute Gasteiger partial charge is 0.320 e. The van der Waals surface area contributed by atoms with Crippen LogP contribution in [-0.4, -0.2) is 69.6 Å². The number of urea groups is 1. The van der Waals surface area contributed by atoms with Crippen molar-refractivity contribution in [1.29, 1.82) is 0 Å². The number of hydrogen-bond donors (Lipinski definition) is 1. The second-order valence-electron chi connectivity index (χ2n) is 7.55. The zero-order chi connectivity index (χ0) is 19.5. The van der Waals surface area contributed by atoms with E-state index in [4.69, 9.17) is 11.6 Å². The molecule has 0 bridgehead atoms. The SMILES string of the molecule is O=C1N(Cc2ccc(Cl)nc2)CCN1CC(O)CN1CCc2ccccc2C1. The number of aliphatic hydroxyl groups excluding tert-OH is 1. The van der Waals surface area contributed by atoms with Crippen LogP contribution in [0.5, 0.6) is 0 Å². The molecule has 1 unspecified atom stereocenters. The minimum atomic E-state index is -0.550. The minimum Gasteiger partial charge on any atom is -0.390 e. The van der Waals surface area contributed by atoms with Gasteiger partial charge < -0.3 is 14.9 Å². The van der Waals surface area contributed by atoms with E-state index < -0.39 is 6.10 Å². The van der Waals surface area contributed by atoms with Crippen molar-refractivity contribution in [3.63, 3.8) is 0 Å². The van der Waals surface area contributed by atoms with E-state index in [-0.39, 0.29) is 6.03 Å². The average molecular weight is 401 g/mol. The molecular weight excluding hydrogens is 376 g/mol. The lowest BCUT2D eigenvalue weighted by Crippen LogP contribution is -2.43. The predicted octanol–water partition coefficient (Wildman–Crippen LogP) is 2.39. The Kier molecular flexibility index (Phi) is 5.80. The first-order chi connectivity index (χ1) is 13.6. The summed E-state index contributed by atoms with van der Waals surface area (Å²) in [7, 11) is 0. The van der Waals surface area contributed by atoms with Gasteiger partial charge in [0, 0.05) is 52.0 Å². The highest BCUT2D eigenvalue weighted by Crippen LogP contribution is 2.19. The quantitative estimate of drug-likeness (QED) is 0.756. The van der Waals surface area contributed by atoms with E-state index in [1.54, 1.807) is 22.1 Å². The van der Waals surface area contributed by atoms with Crippen molar-refractivity contribution in [2.45, 2.75) is 25.6 Å². The lowest BCUT2D eigenvalue weighted by atomic mass is 10.00. The molecule has 4 rings (SSSR count). The van der Waals surface area contributed by atoms with Crippen LogP contribution in [0.15, 0.2) is 42.6 Å². The van der Waals surface area contributed by atoms with Gasteiger partial charge in [-0.3, -0.25) is 4.90 Å². The number of halogens is 1. The van der Waals surface area contributed by atoms with Crippen molar-refractivity contribution < 1.29 is 9.90 Å². The first kappa shape index (κ1) is 19.2. The number of carbonyl (C=O) groups excluding carboxylic acids is 1. The van der Waals surface area contributed by atoms with E-state index in [1.165, 1.54) is 11.1 Å². The van der Waals surface area contributed by atoms with E-state index in [2.05, 4.69) is 34.1 Å². The molecule has 1 N–H and O–H groups in total. The summed E-state index contributed by atoms with van der Waals surface area (Å²) >= 11 is 5.81. The summed E-state index contributed by atoms with van der Waals surface area (Å²) in [5.74, 6) is 0. The second kappa shape index (κ2) is 8.47. The van der Waals surface area contributed by atoms with Crippen molar-refractivity contribution in [1.82, 2.24) is 19.7 Å². The largest absolute Gasteiger partial charge is 0.390 e. The highest BCUT2D eigenvalue weighted by atomic mass is 35.5. The molecule has 28 heavy (non-hydrogen) atoms. The molecule has 2 aliphatic rings. The van der Waals surface area contributed by atoms with Crippen molar-refractivity contribution in [3.8, 4) is 0 Å². The van der Waals surface area contributed by atoms with Crippen LogP contribution >= 0.6 is 11.6 Å². The topological polar surface area (TPSA) is 59.9 Å². The van der Waals surface area contributed by atoms with Gasteiger partial charge in [-0.25, -0.2) is 9.78 Å². The van der Waals surface area contributed by atoms with Crippen LogP contribution in [-0.2, 0) is 19.5 Å². The van der Waals surface area contributed by atoms with Crippen LogP contribution in [0.1, 0.15) is 16.7 Å². The fourth-order valence-corrected chi connectivity index (χ4v) is 4.10. The fourth-order valence-electron chi connectivity index (χ4n) is 3.99. The molecule has 0 saturated carbocycles. The maximum Gasteiger partial charge on any atom is 0.320 e. The molecule has 1 fully saturated rings. The average Bonchev–Trinajstić information content (AvgIpc) is 3.03. The van der Waals surface area contributed by atoms with Crippen molar-refractivity contribution in [3.05, 3.63) is 64.4 Å². The van der Waals surface area contributed by atoms with Gasteiger partial charge in [-0.15, -0.1) is 0 Å². The summed E-state index contributed by atoms with van der Waals surface area (Å²) in [6.45, 7) is 4.56. The predicted molar refractivity (Wildman–Crippen MR) is 108 cm³/mol. The van der Waals surface area contributed by atoms with E-state index in [1.807, 2.05) is 6.07 Å². The summed E-state index contributed by atoms with van der Waals surface area (Å²) in [6, 6.07) is 12.1. The molecule has 0 spiro atoms. The van der Waals surface area contributed by atoms with Gasteiger partial charge in [0.15, 0.2) is 0 Å². The lowest BCUT2D eigenvalue weighted by molar-refractivity contribution is 0.0812. The third-order valence-corrected chi connectivity index (χ3v) is 5.68. The summed E-state index contributed by atoms with van der Waals surface area (Å²) in [6.07, 6.45) is 2.15. The monoisotopic (exact) mass is 400 g/mol. The molecule has 3 heterocycles. The van der Waals surface area contributed by atoms with Crippen LogP contribution in [0.3, 0.4) is 0 Å². The highest BCUT2D eigenvalue weighted by molar-refractivity contribution is 6.29. The molecule has 1 saturated heterocycles. The standard InChI is InChI=1S/C21H25ClN4O2/c22-20-6-5-16(11-23-20)12-25-9-10-26(21(25)28)15-19(27)14-24-8-7-17-3-1-2-4-18(17)13-24/h1-6,11,19,27H,7-10,12-15H2. The summed E-state index contributed by atoms with van der Waals surface area (Å²) in [5, 5.41) is 11.0. The fraction of sp³-hybridized carbons (Fsp3) is 0.429. The number of aromatic nitrogens is 1. The highest BCUT2D eigenvalue weighted by Gasteiger charge is 2.30. The number of aliphatic hydroxyl groups is 1. The van der Waals surface area contributed by atoms with Gasteiger partial charge in [0.2, 0.25) is 0 Å². The number of pyridine rings is 1. The molecule has 0 aliphatic carbocycles. The maximum atomic E-state index is 12.6.